The van der Waals surface area contributed by atoms with Gasteiger partial charge < -0.3 is 4.57 Å². The minimum atomic E-state index is -2.44. The van der Waals surface area contributed by atoms with Crippen molar-refractivity contribution >= 4 is 17.8 Å². The number of fused-ring (bicyclic) bond motifs is 3. The first kappa shape index (κ1) is 15.6. The minimum absolute atomic E-state index is 0.704. The highest BCUT2D eigenvalue weighted by Gasteiger charge is 2.37. The third kappa shape index (κ3) is 2.57. The highest BCUT2D eigenvalue weighted by molar-refractivity contribution is 7.80. The van der Waals surface area contributed by atoms with Gasteiger partial charge in [-0.2, -0.15) is 0 Å². The van der Waals surface area contributed by atoms with Gasteiger partial charge in [0.2, 0.25) is 0 Å². The van der Waals surface area contributed by atoms with Gasteiger partial charge in [-0.15, -0.1) is 0 Å². The maximum absolute atomic E-state index is 13.9. The topological polar surface area (TPSA) is 17.1 Å². The Labute approximate surface area is 134 Å². The summed E-state index contributed by atoms with van der Waals surface area (Å²) in [5, 5.41) is 2.17. The second-order valence-electron chi connectivity index (χ2n) is 6.35. The molecular weight excluding hydrogens is 287 g/mol. The highest BCUT2D eigenvalue weighted by atomic mass is 31.2. The van der Waals surface area contributed by atoms with Gasteiger partial charge >= 0.3 is 0 Å². The van der Waals surface area contributed by atoms with Gasteiger partial charge in [0.05, 0.1) is 0 Å². The number of benzene rings is 2. The Bertz CT molecular complexity index is 655. The van der Waals surface area contributed by atoms with Gasteiger partial charge in [-0.3, -0.25) is 0 Å². The average Bonchev–Trinajstić information content (AvgIpc) is 2.82. The van der Waals surface area contributed by atoms with Crippen molar-refractivity contribution < 1.29 is 4.57 Å². The van der Waals surface area contributed by atoms with Crippen LogP contribution in [-0.2, 0) is 4.57 Å². The Kier molecular flexibility index (Phi) is 4.54. The van der Waals surface area contributed by atoms with Gasteiger partial charge in [-0.25, -0.2) is 0 Å². The maximum Gasteiger partial charge on any atom is 0.144 e. The smallest absolute Gasteiger partial charge is 0.144 e. The van der Waals surface area contributed by atoms with Crippen molar-refractivity contribution in [2.45, 2.75) is 39.5 Å². The van der Waals surface area contributed by atoms with E-state index >= 15 is 0 Å². The predicted molar refractivity (Wildman–Crippen MR) is 96.9 cm³/mol. The van der Waals surface area contributed by atoms with E-state index in [1.807, 2.05) is 12.1 Å². The monoisotopic (exact) mass is 312 g/mol. The van der Waals surface area contributed by atoms with Crippen molar-refractivity contribution in [1.82, 2.24) is 0 Å². The summed E-state index contributed by atoms with van der Waals surface area (Å²) in [7, 11) is -2.44. The van der Waals surface area contributed by atoms with E-state index in [2.05, 4.69) is 50.2 Å². The molecule has 116 valence electrons. The van der Waals surface area contributed by atoms with E-state index in [1.165, 1.54) is 30.4 Å². The molecule has 0 spiro atoms. The van der Waals surface area contributed by atoms with E-state index in [9.17, 15) is 4.57 Å². The summed E-state index contributed by atoms with van der Waals surface area (Å²) in [5.74, 6) is 0.704. The van der Waals surface area contributed by atoms with Crippen LogP contribution >= 0.6 is 7.14 Å². The van der Waals surface area contributed by atoms with Crippen LogP contribution < -0.4 is 10.6 Å². The first-order valence-corrected chi connectivity index (χ1v) is 10.4. The summed E-state index contributed by atoms with van der Waals surface area (Å²) in [6.07, 6.45) is 5.55. The summed E-state index contributed by atoms with van der Waals surface area (Å²) in [4.78, 5) is 0. The van der Waals surface area contributed by atoms with Crippen molar-refractivity contribution in [3.05, 3.63) is 48.5 Å². The van der Waals surface area contributed by atoms with E-state index in [0.717, 1.165) is 23.2 Å². The molecule has 1 atom stereocenters. The van der Waals surface area contributed by atoms with E-state index in [-0.39, 0.29) is 0 Å². The summed E-state index contributed by atoms with van der Waals surface area (Å²) in [5.41, 5.74) is 2.37. The Balaban J connectivity index is 1.97. The fourth-order valence-electron chi connectivity index (χ4n) is 3.73. The zero-order valence-electron chi connectivity index (χ0n) is 13.6. The lowest BCUT2D eigenvalue weighted by Crippen LogP contribution is -2.15. The van der Waals surface area contributed by atoms with Crippen molar-refractivity contribution in [3.8, 4) is 11.1 Å². The van der Waals surface area contributed by atoms with Crippen molar-refractivity contribution in [1.29, 1.82) is 0 Å². The Morgan fingerprint density at radius 3 is 1.91 bits per heavy atom. The highest BCUT2D eigenvalue weighted by Crippen LogP contribution is 2.53. The molecule has 0 fully saturated rings. The van der Waals surface area contributed by atoms with Gasteiger partial charge in [0, 0.05) is 16.8 Å². The molecule has 0 amide bonds. The molecule has 0 radical (unpaired) electrons. The standard InChI is InChI=1S/C20H25OP/c1-3-9-16(4-2)14-15-22(21)19-12-7-5-10-17(19)18-11-6-8-13-20(18)22/h5-8,10-13,16H,3-4,9,14-15H2,1-2H3. The van der Waals surface area contributed by atoms with Crippen LogP contribution in [0.3, 0.4) is 0 Å². The lowest BCUT2D eigenvalue weighted by atomic mass is 9.98. The number of hydrogen-bond acceptors (Lipinski definition) is 1. The van der Waals surface area contributed by atoms with E-state index in [1.54, 1.807) is 0 Å². The molecule has 22 heavy (non-hydrogen) atoms. The quantitative estimate of drug-likeness (QED) is 0.670. The molecule has 2 heteroatoms. The van der Waals surface area contributed by atoms with Crippen molar-refractivity contribution in [2.75, 3.05) is 6.16 Å². The first-order chi connectivity index (χ1) is 10.7. The summed E-state index contributed by atoms with van der Waals surface area (Å²) in [6.45, 7) is 4.50. The first-order valence-electron chi connectivity index (χ1n) is 8.49. The van der Waals surface area contributed by atoms with Crippen LogP contribution in [0.25, 0.3) is 11.1 Å². The summed E-state index contributed by atoms with van der Waals surface area (Å²) >= 11 is 0. The zero-order chi connectivity index (χ0) is 15.6. The largest absolute Gasteiger partial charge is 0.314 e. The van der Waals surface area contributed by atoms with Gasteiger partial charge in [-0.05, 0) is 23.5 Å². The molecule has 1 unspecified atom stereocenters. The Morgan fingerprint density at radius 1 is 0.864 bits per heavy atom. The van der Waals surface area contributed by atoms with E-state index in [4.69, 9.17) is 0 Å². The van der Waals surface area contributed by atoms with Crippen molar-refractivity contribution in [3.63, 3.8) is 0 Å². The molecule has 2 aromatic rings. The molecule has 0 N–H and O–H groups in total. The SMILES string of the molecule is CCCC(CC)CCP1(=O)c2ccccc2-c2ccccc21. The van der Waals surface area contributed by atoms with Crippen LogP contribution in [0.2, 0.25) is 0 Å². The molecule has 1 heterocycles. The molecule has 2 aromatic carbocycles. The summed E-state index contributed by atoms with van der Waals surface area (Å²) in [6, 6.07) is 16.6. The number of rotatable bonds is 6. The average molecular weight is 312 g/mol. The van der Waals surface area contributed by atoms with Crippen molar-refractivity contribution in [2.24, 2.45) is 5.92 Å². The minimum Gasteiger partial charge on any atom is -0.314 e. The van der Waals surface area contributed by atoms with Gasteiger partial charge in [0.25, 0.3) is 0 Å². The normalized spacial score (nSPS) is 16.1. The van der Waals surface area contributed by atoms with Crippen LogP contribution in [0.5, 0.6) is 0 Å². The van der Waals surface area contributed by atoms with E-state index in [0.29, 0.717) is 5.92 Å². The fraction of sp³-hybridized carbons (Fsp3) is 0.400. The van der Waals surface area contributed by atoms with E-state index < -0.39 is 7.14 Å². The van der Waals surface area contributed by atoms with Gasteiger partial charge in [0.1, 0.15) is 7.14 Å². The molecule has 1 nitrogen and oxygen atoms in total. The number of hydrogen-bond donors (Lipinski definition) is 0. The molecule has 1 aliphatic heterocycles. The maximum atomic E-state index is 13.9. The molecule has 0 bridgehead atoms. The molecule has 1 aliphatic rings. The molecular formula is C20H25OP. The third-order valence-corrected chi connectivity index (χ3v) is 8.23. The predicted octanol–water partition coefficient (Wildman–Crippen LogP) is 5.20. The third-order valence-electron chi connectivity index (χ3n) is 5.00. The van der Waals surface area contributed by atoms with Crippen LogP contribution in [-0.4, -0.2) is 6.16 Å². The summed E-state index contributed by atoms with van der Waals surface area (Å²) < 4.78 is 13.9. The molecule has 0 saturated heterocycles. The van der Waals surface area contributed by atoms with Crippen LogP contribution in [0.4, 0.5) is 0 Å². The van der Waals surface area contributed by atoms with Crippen LogP contribution in [0, 0.1) is 5.92 Å². The fourth-order valence-corrected chi connectivity index (χ4v) is 7.02. The molecule has 0 aliphatic carbocycles. The zero-order valence-corrected chi connectivity index (χ0v) is 14.5. The lowest BCUT2D eigenvalue weighted by molar-refractivity contribution is 0.450. The molecule has 3 rings (SSSR count). The van der Waals surface area contributed by atoms with Gasteiger partial charge in [-0.1, -0.05) is 81.6 Å². The Morgan fingerprint density at radius 2 is 1.41 bits per heavy atom. The second kappa shape index (κ2) is 6.42. The molecule has 0 saturated carbocycles. The molecule has 0 aromatic heterocycles. The van der Waals surface area contributed by atoms with Crippen LogP contribution in [0.15, 0.2) is 48.5 Å². The van der Waals surface area contributed by atoms with Crippen LogP contribution in [0.1, 0.15) is 39.5 Å². The van der Waals surface area contributed by atoms with Gasteiger partial charge in [0.15, 0.2) is 0 Å². The lowest BCUT2D eigenvalue weighted by Gasteiger charge is -2.19. The Hall–Kier alpha value is -1.33. The second-order valence-corrected chi connectivity index (χ2v) is 9.24.